The zero-order valence-corrected chi connectivity index (χ0v) is 13.2. The van der Waals surface area contributed by atoms with Crippen molar-refractivity contribution in [2.45, 2.75) is 32.0 Å². The van der Waals surface area contributed by atoms with Gasteiger partial charge >= 0.3 is 0 Å². The summed E-state index contributed by atoms with van der Waals surface area (Å²) in [5.74, 6) is 0.721. The molecule has 1 amide bonds. The number of aromatic nitrogens is 4. The Hall–Kier alpha value is -1.66. The van der Waals surface area contributed by atoms with Gasteiger partial charge in [-0.3, -0.25) is 4.79 Å². The number of hydrogen-bond acceptors (Lipinski definition) is 7. The van der Waals surface area contributed by atoms with Crippen molar-refractivity contribution in [3.63, 3.8) is 0 Å². The van der Waals surface area contributed by atoms with E-state index in [1.807, 2.05) is 6.07 Å². The average molecular weight is 311 g/mol. The number of thioether (sulfide) groups is 1. The molecule has 0 spiro atoms. The van der Waals surface area contributed by atoms with Gasteiger partial charge in [-0.15, -0.1) is 5.10 Å². The minimum atomic E-state index is -0.122. The van der Waals surface area contributed by atoms with E-state index in [1.54, 1.807) is 4.68 Å². The van der Waals surface area contributed by atoms with E-state index in [0.717, 1.165) is 13.1 Å². The number of nitriles is 1. The molecule has 0 aliphatic heterocycles. The minimum Gasteiger partial charge on any atom is -0.354 e. The molecule has 0 unspecified atom stereocenters. The lowest BCUT2D eigenvalue weighted by molar-refractivity contribution is -0.118. The molecular formula is C12H21N7OS. The maximum atomic E-state index is 11.5. The van der Waals surface area contributed by atoms with Crippen molar-refractivity contribution in [3.8, 4) is 6.07 Å². The Balaban J connectivity index is 2.28. The Morgan fingerprint density at radius 3 is 3.00 bits per heavy atom. The molecule has 0 aliphatic carbocycles. The highest BCUT2D eigenvalue weighted by Crippen LogP contribution is 2.12. The molecule has 1 aromatic heterocycles. The van der Waals surface area contributed by atoms with Crippen molar-refractivity contribution in [1.29, 1.82) is 5.26 Å². The van der Waals surface area contributed by atoms with E-state index in [2.05, 4.69) is 40.0 Å². The van der Waals surface area contributed by atoms with Crippen LogP contribution in [-0.2, 0) is 11.3 Å². The lowest BCUT2D eigenvalue weighted by Gasteiger charge is -2.08. The molecule has 0 fully saturated rings. The van der Waals surface area contributed by atoms with Crippen LogP contribution in [0.1, 0.15) is 20.3 Å². The van der Waals surface area contributed by atoms with E-state index in [-0.39, 0.29) is 11.7 Å². The Morgan fingerprint density at radius 1 is 1.48 bits per heavy atom. The molecule has 1 aromatic rings. The van der Waals surface area contributed by atoms with Crippen molar-refractivity contribution in [2.24, 2.45) is 5.92 Å². The highest BCUT2D eigenvalue weighted by atomic mass is 32.2. The number of hydrogen-bond donors (Lipinski definition) is 2. The molecule has 116 valence electrons. The molecular weight excluding hydrogens is 290 g/mol. The van der Waals surface area contributed by atoms with E-state index in [9.17, 15) is 4.79 Å². The Labute approximate surface area is 128 Å². The van der Waals surface area contributed by atoms with Crippen LogP contribution in [0.4, 0.5) is 0 Å². The molecule has 0 aliphatic rings. The molecule has 8 nitrogen and oxygen atoms in total. The third-order valence-electron chi connectivity index (χ3n) is 2.44. The summed E-state index contributed by atoms with van der Waals surface area (Å²) < 4.78 is 1.68. The lowest BCUT2D eigenvalue weighted by Crippen LogP contribution is -2.26. The number of tetrazole rings is 1. The van der Waals surface area contributed by atoms with Crippen LogP contribution in [-0.4, -0.2) is 51.5 Å². The highest BCUT2D eigenvalue weighted by Gasteiger charge is 2.09. The van der Waals surface area contributed by atoms with Crippen molar-refractivity contribution in [1.82, 2.24) is 30.8 Å². The maximum Gasteiger partial charge on any atom is 0.230 e. The van der Waals surface area contributed by atoms with Gasteiger partial charge in [-0.2, -0.15) is 5.26 Å². The van der Waals surface area contributed by atoms with E-state index >= 15 is 0 Å². The summed E-state index contributed by atoms with van der Waals surface area (Å²) in [4.78, 5) is 11.5. The van der Waals surface area contributed by atoms with Crippen molar-refractivity contribution in [3.05, 3.63) is 0 Å². The first kappa shape index (κ1) is 17.4. The van der Waals surface area contributed by atoms with Gasteiger partial charge in [0.05, 0.1) is 24.8 Å². The number of carbonyl (C=O) groups is 1. The van der Waals surface area contributed by atoms with Gasteiger partial charge in [-0.1, -0.05) is 25.6 Å². The van der Waals surface area contributed by atoms with Crippen LogP contribution in [0.5, 0.6) is 0 Å². The van der Waals surface area contributed by atoms with E-state index in [1.165, 1.54) is 11.8 Å². The Kier molecular flexibility index (Phi) is 8.38. The van der Waals surface area contributed by atoms with Gasteiger partial charge in [-0.25, -0.2) is 4.68 Å². The van der Waals surface area contributed by atoms with E-state index < -0.39 is 0 Å². The molecule has 1 rings (SSSR count). The van der Waals surface area contributed by atoms with Gasteiger partial charge in [0.15, 0.2) is 0 Å². The SMILES string of the molecule is CC(C)CNCCn1nnnc1SCC(=O)NCCC#N. The Morgan fingerprint density at radius 2 is 2.29 bits per heavy atom. The zero-order valence-electron chi connectivity index (χ0n) is 12.4. The zero-order chi connectivity index (χ0) is 15.5. The standard InChI is InChI=1S/C12H21N7OS/c1-10(2)8-14-6-7-19-12(16-17-18-19)21-9-11(20)15-5-3-4-13/h10,14H,3,5-9H2,1-2H3,(H,15,20). The predicted molar refractivity (Wildman–Crippen MR) is 79.5 cm³/mol. The van der Waals surface area contributed by atoms with E-state index in [0.29, 0.717) is 30.6 Å². The van der Waals surface area contributed by atoms with Crippen LogP contribution >= 0.6 is 11.8 Å². The molecule has 21 heavy (non-hydrogen) atoms. The van der Waals surface area contributed by atoms with Crippen molar-refractivity contribution < 1.29 is 4.79 Å². The first-order valence-corrected chi connectivity index (χ1v) is 7.85. The van der Waals surface area contributed by atoms with Gasteiger partial charge in [0.2, 0.25) is 11.1 Å². The third kappa shape index (κ3) is 7.63. The lowest BCUT2D eigenvalue weighted by atomic mass is 10.2. The third-order valence-corrected chi connectivity index (χ3v) is 3.40. The summed E-state index contributed by atoms with van der Waals surface area (Å²) in [6.45, 7) is 7.07. The van der Waals surface area contributed by atoms with Crippen molar-refractivity contribution >= 4 is 17.7 Å². The molecule has 0 saturated carbocycles. The quantitative estimate of drug-likeness (QED) is 0.464. The molecule has 0 bridgehead atoms. The molecule has 1 heterocycles. The second-order valence-electron chi connectivity index (χ2n) is 4.83. The molecule has 0 saturated heterocycles. The summed E-state index contributed by atoms with van der Waals surface area (Å²) in [6, 6.07) is 1.97. The Bertz CT molecular complexity index is 468. The average Bonchev–Trinajstić information content (AvgIpc) is 2.89. The highest BCUT2D eigenvalue weighted by molar-refractivity contribution is 7.99. The molecule has 2 N–H and O–H groups in total. The number of amides is 1. The summed E-state index contributed by atoms with van der Waals surface area (Å²) >= 11 is 1.29. The van der Waals surface area contributed by atoms with Gasteiger partial charge in [0.25, 0.3) is 0 Å². The van der Waals surface area contributed by atoms with Crippen LogP contribution in [0.25, 0.3) is 0 Å². The van der Waals surface area contributed by atoms with Crippen LogP contribution in [0.3, 0.4) is 0 Å². The predicted octanol–water partition coefficient (Wildman–Crippen LogP) is 0.0407. The topological polar surface area (TPSA) is 109 Å². The van der Waals surface area contributed by atoms with Gasteiger partial charge in [0, 0.05) is 13.1 Å². The van der Waals surface area contributed by atoms with Crippen LogP contribution in [0.2, 0.25) is 0 Å². The monoisotopic (exact) mass is 311 g/mol. The summed E-state index contributed by atoms with van der Waals surface area (Å²) in [5, 5.41) is 26.4. The molecule has 0 aromatic carbocycles. The first-order chi connectivity index (χ1) is 10.1. The second kappa shape index (κ2) is 10.1. The number of nitrogens with one attached hydrogen (secondary N) is 2. The van der Waals surface area contributed by atoms with Crippen molar-refractivity contribution in [2.75, 3.05) is 25.4 Å². The minimum absolute atomic E-state index is 0.122. The normalized spacial score (nSPS) is 10.6. The number of rotatable bonds is 10. The largest absolute Gasteiger partial charge is 0.354 e. The van der Waals surface area contributed by atoms with E-state index in [4.69, 9.17) is 5.26 Å². The summed E-state index contributed by atoms with van der Waals surface area (Å²) in [7, 11) is 0. The number of carbonyl (C=O) groups excluding carboxylic acids is 1. The molecule has 9 heteroatoms. The first-order valence-electron chi connectivity index (χ1n) is 6.86. The fraction of sp³-hybridized carbons (Fsp3) is 0.750. The van der Waals surface area contributed by atoms with Crippen LogP contribution in [0.15, 0.2) is 5.16 Å². The van der Waals surface area contributed by atoms with Gasteiger partial charge in [0.1, 0.15) is 0 Å². The molecule has 0 radical (unpaired) electrons. The smallest absolute Gasteiger partial charge is 0.230 e. The fourth-order valence-corrected chi connectivity index (χ4v) is 2.19. The summed E-state index contributed by atoms with van der Waals surface area (Å²) in [5.41, 5.74) is 0. The van der Waals surface area contributed by atoms with Gasteiger partial charge in [-0.05, 0) is 22.9 Å². The van der Waals surface area contributed by atoms with Crippen LogP contribution < -0.4 is 10.6 Å². The maximum absolute atomic E-state index is 11.5. The summed E-state index contributed by atoms with van der Waals surface area (Å²) in [6.07, 6.45) is 0.315. The molecule has 0 atom stereocenters. The fourth-order valence-electron chi connectivity index (χ4n) is 1.45. The number of nitrogens with zero attached hydrogens (tertiary/aromatic N) is 5. The van der Waals surface area contributed by atoms with Crippen LogP contribution in [0, 0.1) is 17.2 Å². The van der Waals surface area contributed by atoms with Gasteiger partial charge < -0.3 is 10.6 Å². The second-order valence-corrected chi connectivity index (χ2v) is 5.77.